The molecule has 0 radical (unpaired) electrons. The summed E-state index contributed by atoms with van der Waals surface area (Å²) in [5.41, 5.74) is 0.495. The van der Waals surface area contributed by atoms with Crippen LogP contribution in [0.25, 0.3) is 0 Å². The summed E-state index contributed by atoms with van der Waals surface area (Å²) in [5, 5.41) is 19.5. The Morgan fingerprint density at radius 3 is 2.56 bits per heavy atom. The molecule has 2 heterocycles. The number of hydrogen-bond acceptors (Lipinski definition) is 6. The Kier molecular flexibility index (Phi) is 4.03. The van der Waals surface area contributed by atoms with Crippen molar-refractivity contribution in [1.29, 1.82) is 0 Å². The third-order valence-electron chi connectivity index (χ3n) is 4.21. The van der Waals surface area contributed by atoms with Gasteiger partial charge in [-0.3, -0.25) is 19.9 Å². The van der Waals surface area contributed by atoms with E-state index >= 15 is 0 Å². The van der Waals surface area contributed by atoms with Gasteiger partial charge in [-0.15, -0.1) is 11.8 Å². The van der Waals surface area contributed by atoms with Crippen LogP contribution in [0.2, 0.25) is 0 Å². The molecule has 1 aromatic carbocycles. The highest BCUT2D eigenvalue weighted by Gasteiger charge is 2.71. The number of hydrogen-bond donors (Lipinski definition) is 1. The van der Waals surface area contributed by atoms with Gasteiger partial charge in [-0.2, -0.15) is 0 Å². The average Bonchev–Trinajstić information content (AvgIpc) is 2.82. The molecule has 1 aromatic rings. The van der Waals surface area contributed by atoms with Crippen molar-refractivity contribution < 1.29 is 19.6 Å². The number of aliphatic imine (C=N–C) groups is 1. The van der Waals surface area contributed by atoms with Gasteiger partial charge in [0.25, 0.3) is 11.6 Å². The van der Waals surface area contributed by atoms with Crippen LogP contribution < -0.4 is 0 Å². The highest BCUT2D eigenvalue weighted by molar-refractivity contribution is 8.01. The highest BCUT2D eigenvalue weighted by atomic mass is 35.5. The molecule has 3 atom stereocenters. The van der Waals surface area contributed by atoms with E-state index in [2.05, 4.69) is 4.99 Å². The van der Waals surface area contributed by atoms with Crippen LogP contribution in [0.1, 0.15) is 19.4 Å². The van der Waals surface area contributed by atoms with Gasteiger partial charge < -0.3 is 10.0 Å². The zero-order valence-corrected chi connectivity index (χ0v) is 14.8. The number of thioether (sulfide) groups is 1. The van der Waals surface area contributed by atoms with Gasteiger partial charge in [-0.1, -0.05) is 11.6 Å². The van der Waals surface area contributed by atoms with Crippen LogP contribution in [0.4, 0.5) is 5.69 Å². The maximum absolute atomic E-state index is 12.4. The van der Waals surface area contributed by atoms with Crippen LogP contribution in [-0.4, -0.2) is 54.2 Å². The zero-order chi connectivity index (χ0) is 18.6. The second-order valence-electron chi connectivity index (χ2n) is 6.31. The summed E-state index contributed by atoms with van der Waals surface area (Å²) in [5.74, 6) is -1.63. The summed E-state index contributed by atoms with van der Waals surface area (Å²) in [6.45, 7) is 3.50. The molecule has 25 heavy (non-hydrogen) atoms. The Balaban J connectivity index is 1.83. The van der Waals surface area contributed by atoms with E-state index in [1.165, 1.54) is 47.1 Å². The van der Waals surface area contributed by atoms with Crippen molar-refractivity contribution in [2.45, 2.75) is 35.0 Å². The predicted octanol–water partition coefficient (Wildman–Crippen LogP) is 2.10. The molecule has 1 unspecified atom stereocenters. The molecule has 1 amide bonds. The summed E-state index contributed by atoms with van der Waals surface area (Å²) in [7, 11) is 0. The predicted molar refractivity (Wildman–Crippen MR) is 93.0 cm³/mol. The van der Waals surface area contributed by atoms with Crippen LogP contribution in [0.15, 0.2) is 29.3 Å². The minimum atomic E-state index is -1.56. The van der Waals surface area contributed by atoms with Crippen LogP contribution in [0, 0.1) is 10.1 Å². The number of carbonyl (C=O) groups is 2. The number of rotatable bonds is 4. The molecule has 2 saturated heterocycles. The molecule has 8 nitrogen and oxygen atoms in total. The standard InChI is InChI=1S/C15H14ClN3O5S/c1-14(2)10(11(20)21)18-12(22)15(16,13(18)25-14)17-7-8-3-5-9(6-4-8)19(23)24/h3-7,10,13H,1-2H3,(H,20,21)/t10-,13+,15?/m0/s1. The van der Waals surface area contributed by atoms with Gasteiger partial charge in [0.2, 0.25) is 5.00 Å². The summed E-state index contributed by atoms with van der Waals surface area (Å²) < 4.78 is -0.689. The van der Waals surface area contributed by atoms with Gasteiger partial charge in [0.15, 0.2) is 0 Å². The molecule has 2 fully saturated rings. The first-order chi connectivity index (χ1) is 11.6. The van der Waals surface area contributed by atoms with Crippen molar-refractivity contribution in [3.05, 3.63) is 39.9 Å². The quantitative estimate of drug-likeness (QED) is 0.213. The fraction of sp³-hybridized carbons (Fsp3) is 0.400. The van der Waals surface area contributed by atoms with Crippen LogP contribution >= 0.6 is 23.4 Å². The second kappa shape index (κ2) is 5.70. The third-order valence-corrected chi connectivity index (χ3v) is 6.42. The van der Waals surface area contributed by atoms with Crippen molar-refractivity contribution in [2.75, 3.05) is 0 Å². The number of non-ortho nitro benzene ring substituents is 1. The number of carboxylic acids is 1. The molecule has 0 saturated carbocycles. The molecule has 1 N–H and O–H groups in total. The van der Waals surface area contributed by atoms with E-state index in [-0.39, 0.29) is 5.69 Å². The smallest absolute Gasteiger partial charge is 0.327 e. The summed E-state index contributed by atoms with van der Waals surface area (Å²) in [6, 6.07) is 4.68. The molecule has 2 aliphatic heterocycles. The number of carbonyl (C=O) groups excluding carboxylic acids is 1. The van der Waals surface area contributed by atoms with E-state index in [1.807, 2.05) is 0 Å². The number of aliphatic carboxylic acids is 1. The number of nitrogens with zero attached hydrogens (tertiary/aromatic N) is 3. The lowest BCUT2D eigenvalue weighted by Crippen LogP contribution is -2.70. The molecule has 0 aliphatic carbocycles. The van der Waals surface area contributed by atoms with Crippen molar-refractivity contribution in [2.24, 2.45) is 4.99 Å². The average molecular weight is 384 g/mol. The van der Waals surface area contributed by atoms with E-state index in [4.69, 9.17) is 11.6 Å². The van der Waals surface area contributed by atoms with Gasteiger partial charge in [0.1, 0.15) is 11.4 Å². The number of halogens is 1. The van der Waals surface area contributed by atoms with Crippen LogP contribution in [0.5, 0.6) is 0 Å². The van der Waals surface area contributed by atoms with E-state index in [9.17, 15) is 24.8 Å². The Labute approximate surface area is 152 Å². The van der Waals surface area contributed by atoms with Gasteiger partial charge in [-0.05, 0) is 31.5 Å². The van der Waals surface area contributed by atoms with E-state index in [1.54, 1.807) is 13.8 Å². The topological polar surface area (TPSA) is 113 Å². The van der Waals surface area contributed by atoms with E-state index < -0.39 is 38.0 Å². The summed E-state index contributed by atoms with van der Waals surface area (Å²) in [4.78, 5) is 37.9. The number of nitro benzene ring substituents is 1. The minimum Gasteiger partial charge on any atom is -0.480 e. The van der Waals surface area contributed by atoms with Crippen LogP contribution in [-0.2, 0) is 9.59 Å². The first-order valence-electron chi connectivity index (χ1n) is 7.30. The lowest BCUT2D eigenvalue weighted by atomic mass is 9.96. The van der Waals surface area contributed by atoms with Crippen molar-refractivity contribution >= 4 is 47.1 Å². The normalized spacial score (nSPS) is 30.2. The summed E-state index contributed by atoms with van der Waals surface area (Å²) >= 11 is 7.67. The Morgan fingerprint density at radius 2 is 2.04 bits per heavy atom. The maximum atomic E-state index is 12.4. The molecule has 0 spiro atoms. The number of alkyl halides is 1. The largest absolute Gasteiger partial charge is 0.480 e. The number of amides is 1. The Morgan fingerprint density at radius 1 is 1.44 bits per heavy atom. The zero-order valence-electron chi connectivity index (χ0n) is 13.2. The number of fused-ring (bicyclic) bond motifs is 1. The Bertz CT molecular complexity index is 797. The van der Waals surface area contributed by atoms with Crippen molar-refractivity contribution in [3.63, 3.8) is 0 Å². The van der Waals surface area contributed by atoms with Crippen LogP contribution in [0.3, 0.4) is 0 Å². The number of carboxylic acid groups (broad SMARTS) is 1. The molecular weight excluding hydrogens is 370 g/mol. The molecule has 0 bridgehead atoms. The SMILES string of the molecule is CC1(C)S[C@H]2N(C(=O)C2(Cl)N=Cc2ccc([N+](=O)[O-])cc2)[C@H]1C(=O)O. The first kappa shape index (κ1) is 17.7. The van der Waals surface area contributed by atoms with E-state index in [0.29, 0.717) is 5.56 Å². The molecule has 132 valence electrons. The monoisotopic (exact) mass is 383 g/mol. The molecule has 10 heteroatoms. The number of β-lactam (4-membered cyclic amide) rings is 1. The van der Waals surface area contributed by atoms with Gasteiger partial charge in [0, 0.05) is 23.1 Å². The third kappa shape index (κ3) is 2.67. The number of nitro groups is 1. The lowest BCUT2D eigenvalue weighted by Gasteiger charge is -2.46. The highest BCUT2D eigenvalue weighted by Crippen LogP contribution is 2.57. The second-order valence-corrected chi connectivity index (χ2v) is 8.62. The molecule has 0 aromatic heterocycles. The van der Waals surface area contributed by atoms with Gasteiger partial charge >= 0.3 is 5.97 Å². The van der Waals surface area contributed by atoms with Gasteiger partial charge in [-0.25, -0.2) is 4.79 Å². The fourth-order valence-corrected chi connectivity index (χ4v) is 4.92. The van der Waals surface area contributed by atoms with Crippen molar-refractivity contribution in [1.82, 2.24) is 4.90 Å². The molecular formula is C15H14ClN3O5S. The fourth-order valence-electron chi connectivity index (χ4n) is 2.97. The van der Waals surface area contributed by atoms with Crippen molar-refractivity contribution in [3.8, 4) is 0 Å². The maximum Gasteiger partial charge on any atom is 0.327 e. The summed E-state index contributed by atoms with van der Waals surface area (Å²) in [6.07, 6.45) is 1.37. The number of benzene rings is 1. The molecule has 2 aliphatic rings. The molecule has 3 rings (SSSR count). The minimum absolute atomic E-state index is 0.0546. The lowest BCUT2D eigenvalue weighted by molar-refractivity contribution is -0.384. The first-order valence-corrected chi connectivity index (χ1v) is 8.55. The van der Waals surface area contributed by atoms with Gasteiger partial charge in [0.05, 0.1) is 4.92 Å². The van der Waals surface area contributed by atoms with E-state index in [0.717, 1.165) is 0 Å². The Hall–Kier alpha value is -2.13.